The molecule has 0 spiro atoms. The molecule has 0 aliphatic carbocycles. The summed E-state index contributed by atoms with van der Waals surface area (Å²) in [6.07, 6.45) is -0.153. The number of carboxylic acids is 1. The van der Waals surface area contributed by atoms with E-state index in [1.54, 1.807) is 42.5 Å². The molecule has 1 atom stereocenters. The van der Waals surface area contributed by atoms with Crippen molar-refractivity contribution < 1.29 is 19.8 Å². The Morgan fingerprint density at radius 1 is 1.00 bits per heavy atom. The van der Waals surface area contributed by atoms with E-state index in [2.05, 4.69) is 5.32 Å². The summed E-state index contributed by atoms with van der Waals surface area (Å²) < 4.78 is 0. The molecule has 0 bridgehead atoms. The standard InChI is InChI=1S/C16H15NO4/c18-13-8-6-12(7-9-13)17-15(19)10-14(16(20)21)11-4-2-1-3-5-11/h1-9,14,18H,10H2,(H,17,19)(H,20,21). The first-order valence-electron chi connectivity index (χ1n) is 6.43. The summed E-state index contributed by atoms with van der Waals surface area (Å²) >= 11 is 0. The number of carbonyl (C=O) groups excluding carboxylic acids is 1. The lowest BCUT2D eigenvalue weighted by molar-refractivity contribution is -0.140. The predicted molar refractivity (Wildman–Crippen MR) is 78.2 cm³/mol. The van der Waals surface area contributed by atoms with Crippen LogP contribution in [-0.2, 0) is 9.59 Å². The van der Waals surface area contributed by atoms with Crippen LogP contribution >= 0.6 is 0 Å². The van der Waals surface area contributed by atoms with E-state index in [1.807, 2.05) is 0 Å². The molecule has 5 nitrogen and oxygen atoms in total. The first kappa shape index (κ1) is 14.6. The van der Waals surface area contributed by atoms with Crippen molar-refractivity contribution in [3.05, 3.63) is 60.2 Å². The van der Waals surface area contributed by atoms with Gasteiger partial charge in [-0.15, -0.1) is 0 Å². The molecule has 2 aromatic rings. The Kier molecular flexibility index (Phi) is 4.56. The number of benzene rings is 2. The number of aliphatic carboxylic acids is 1. The molecule has 1 unspecified atom stereocenters. The van der Waals surface area contributed by atoms with Crippen molar-refractivity contribution in [1.82, 2.24) is 0 Å². The summed E-state index contributed by atoms with van der Waals surface area (Å²) in [7, 11) is 0. The minimum absolute atomic E-state index is 0.0979. The first-order chi connectivity index (χ1) is 10.1. The number of carboxylic acid groups (broad SMARTS) is 1. The van der Waals surface area contributed by atoms with Gasteiger partial charge < -0.3 is 15.5 Å². The van der Waals surface area contributed by atoms with Gasteiger partial charge in [-0.25, -0.2) is 0 Å². The van der Waals surface area contributed by atoms with Crippen LogP contribution in [0.2, 0.25) is 0 Å². The maximum absolute atomic E-state index is 11.9. The second-order valence-corrected chi connectivity index (χ2v) is 4.60. The Balaban J connectivity index is 2.05. The fourth-order valence-electron chi connectivity index (χ4n) is 1.98. The highest BCUT2D eigenvalue weighted by Crippen LogP contribution is 2.21. The average molecular weight is 285 g/mol. The van der Waals surface area contributed by atoms with Crippen LogP contribution in [0.1, 0.15) is 17.9 Å². The third kappa shape index (κ3) is 4.07. The maximum atomic E-state index is 11.9. The summed E-state index contributed by atoms with van der Waals surface area (Å²) in [5, 5.41) is 21.0. The summed E-state index contributed by atoms with van der Waals surface area (Å²) in [6.45, 7) is 0. The zero-order valence-electron chi connectivity index (χ0n) is 11.2. The molecular formula is C16H15NO4. The summed E-state index contributed by atoms with van der Waals surface area (Å²) in [5.41, 5.74) is 1.10. The molecule has 0 fully saturated rings. The number of amides is 1. The number of aromatic hydroxyl groups is 1. The van der Waals surface area contributed by atoms with E-state index in [-0.39, 0.29) is 12.2 Å². The Hall–Kier alpha value is -2.82. The van der Waals surface area contributed by atoms with E-state index in [0.717, 1.165) is 0 Å². The van der Waals surface area contributed by atoms with Crippen LogP contribution in [0.25, 0.3) is 0 Å². The minimum atomic E-state index is -1.04. The van der Waals surface area contributed by atoms with Crippen LogP contribution in [0.15, 0.2) is 54.6 Å². The molecule has 0 aromatic heterocycles. The SMILES string of the molecule is O=C(CC(C(=O)O)c1ccccc1)Nc1ccc(O)cc1. The van der Waals surface area contributed by atoms with Crippen molar-refractivity contribution in [3.63, 3.8) is 0 Å². The Morgan fingerprint density at radius 3 is 2.19 bits per heavy atom. The number of hydrogen-bond acceptors (Lipinski definition) is 3. The van der Waals surface area contributed by atoms with Crippen molar-refractivity contribution >= 4 is 17.6 Å². The molecule has 3 N–H and O–H groups in total. The molecule has 0 saturated carbocycles. The molecule has 1 amide bonds. The second-order valence-electron chi connectivity index (χ2n) is 4.60. The van der Waals surface area contributed by atoms with E-state index in [0.29, 0.717) is 11.3 Å². The quantitative estimate of drug-likeness (QED) is 0.737. The van der Waals surface area contributed by atoms with Gasteiger partial charge in [0.15, 0.2) is 0 Å². The van der Waals surface area contributed by atoms with Gasteiger partial charge in [-0.3, -0.25) is 9.59 Å². The number of rotatable bonds is 5. The van der Waals surface area contributed by atoms with E-state index in [9.17, 15) is 14.7 Å². The van der Waals surface area contributed by atoms with Gasteiger partial charge in [0.2, 0.25) is 5.91 Å². The third-order valence-corrected chi connectivity index (χ3v) is 3.04. The van der Waals surface area contributed by atoms with E-state index >= 15 is 0 Å². The van der Waals surface area contributed by atoms with Crippen LogP contribution in [0.5, 0.6) is 5.75 Å². The molecule has 0 aliphatic heterocycles. The van der Waals surface area contributed by atoms with Gasteiger partial charge in [-0.2, -0.15) is 0 Å². The molecule has 0 radical (unpaired) electrons. The highest BCUT2D eigenvalue weighted by atomic mass is 16.4. The maximum Gasteiger partial charge on any atom is 0.311 e. The molecule has 5 heteroatoms. The normalized spacial score (nSPS) is 11.6. The first-order valence-corrected chi connectivity index (χ1v) is 6.43. The lowest BCUT2D eigenvalue weighted by Gasteiger charge is -2.12. The zero-order valence-corrected chi connectivity index (χ0v) is 11.2. The fraction of sp³-hybridized carbons (Fsp3) is 0.125. The van der Waals surface area contributed by atoms with Crippen LogP contribution in [-0.4, -0.2) is 22.1 Å². The van der Waals surface area contributed by atoms with E-state index in [4.69, 9.17) is 5.11 Å². The lowest BCUT2D eigenvalue weighted by Crippen LogP contribution is -2.20. The molecule has 2 aromatic carbocycles. The van der Waals surface area contributed by atoms with Crippen molar-refractivity contribution in [2.45, 2.75) is 12.3 Å². The van der Waals surface area contributed by atoms with Crippen LogP contribution in [0.3, 0.4) is 0 Å². The lowest BCUT2D eigenvalue weighted by atomic mass is 9.95. The molecule has 0 saturated heterocycles. The number of phenolic OH excluding ortho intramolecular Hbond substituents is 1. The van der Waals surface area contributed by atoms with E-state index < -0.39 is 17.8 Å². The highest BCUT2D eigenvalue weighted by Gasteiger charge is 2.23. The van der Waals surface area contributed by atoms with Gasteiger partial charge >= 0.3 is 5.97 Å². The van der Waals surface area contributed by atoms with Crippen molar-refractivity contribution in [3.8, 4) is 5.75 Å². The molecular weight excluding hydrogens is 270 g/mol. The smallest absolute Gasteiger partial charge is 0.311 e. The summed E-state index contributed by atoms with van der Waals surface area (Å²) in [5.74, 6) is -2.22. The monoisotopic (exact) mass is 285 g/mol. The zero-order chi connectivity index (χ0) is 15.2. The molecule has 21 heavy (non-hydrogen) atoms. The molecule has 0 aliphatic rings. The van der Waals surface area contributed by atoms with Gasteiger partial charge in [0, 0.05) is 12.1 Å². The largest absolute Gasteiger partial charge is 0.508 e. The van der Waals surface area contributed by atoms with Crippen molar-refractivity contribution in [1.29, 1.82) is 0 Å². The van der Waals surface area contributed by atoms with Crippen LogP contribution in [0, 0.1) is 0 Å². The number of hydrogen-bond donors (Lipinski definition) is 3. The van der Waals surface area contributed by atoms with Crippen molar-refractivity contribution in [2.24, 2.45) is 0 Å². The van der Waals surface area contributed by atoms with Crippen LogP contribution in [0.4, 0.5) is 5.69 Å². The summed E-state index contributed by atoms with van der Waals surface area (Å²) in [4.78, 5) is 23.3. The Labute approximate surface area is 121 Å². The third-order valence-electron chi connectivity index (χ3n) is 3.04. The fourth-order valence-corrected chi connectivity index (χ4v) is 1.98. The number of phenols is 1. The molecule has 108 valence electrons. The number of nitrogens with one attached hydrogen (secondary N) is 1. The highest BCUT2D eigenvalue weighted by molar-refractivity contribution is 5.94. The molecule has 2 rings (SSSR count). The van der Waals surface area contributed by atoms with Gasteiger partial charge in [0.1, 0.15) is 5.75 Å². The summed E-state index contributed by atoms with van der Waals surface area (Å²) in [6, 6.07) is 14.6. The number of anilines is 1. The van der Waals surface area contributed by atoms with Gasteiger partial charge in [-0.05, 0) is 29.8 Å². The molecule has 0 heterocycles. The topological polar surface area (TPSA) is 86.6 Å². The Bertz CT molecular complexity index is 622. The van der Waals surface area contributed by atoms with Gasteiger partial charge in [0.05, 0.1) is 5.92 Å². The second kappa shape index (κ2) is 6.56. The van der Waals surface area contributed by atoms with E-state index in [1.165, 1.54) is 12.1 Å². The van der Waals surface area contributed by atoms with Crippen molar-refractivity contribution in [2.75, 3.05) is 5.32 Å². The predicted octanol–water partition coefficient (Wildman–Crippen LogP) is 2.59. The average Bonchev–Trinajstić information content (AvgIpc) is 2.48. The van der Waals surface area contributed by atoms with Gasteiger partial charge in [-0.1, -0.05) is 30.3 Å². The van der Waals surface area contributed by atoms with Gasteiger partial charge in [0.25, 0.3) is 0 Å². The Morgan fingerprint density at radius 2 is 1.62 bits per heavy atom. The number of carbonyl (C=O) groups is 2. The minimum Gasteiger partial charge on any atom is -0.508 e. The van der Waals surface area contributed by atoms with Crippen LogP contribution < -0.4 is 5.32 Å².